The lowest BCUT2D eigenvalue weighted by molar-refractivity contribution is 0.553. The second-order valence-corrected chi connectivity index (χ2v) is 5.09. The molecule has 19 heavy (non-hydrogen) atoms. The van der Waals surface area contributed by atoms with Crippen molar-refractivity contribution in [2.45, 2.75) is 33.4 Å². The number of pyridine rings is 1. The highest BCUT2D eigenvalue weighted by Gasteiger charge is 2.06. The molecular formula is C16H19FN2. The van der Waals surface area contributed by atoms with Crippen molar-refractivity contribution < 1.29 is 4.39 Å². The zero-order chi connectivity index (χ0) is 13.8. The fraction of sp³-hybridized carbons (Fsp3) is 0.312. The largest absolute Gasteiger partial charge is 0.310 e. The van der Waals surface area contributed by atoms with Gasteiger partial charge in [-0.25, -0.2) is 4.39 Å². The number of aryl methyl sites for hydroxylation is 1. The summed E-state index contributed by atoms with van der Waals surface area (Å²) in [5, 5.41) is 3.24. The van der Waals surface area contributed by atoms with Crippen LogP contribution in [-0.4, -0.2) is 11.0 Å². The van der Waals surface area contributed by atoms with Crippen LogP contribution in [0.4, 0.5) is 4.39 Å². The summed E-state index contributed by atoms with van der Waals surface area (Å²) >= 11 is 0. The molecule has 2 rings (SSSR count). The van der Waals surface area contributed by atoms with Crippen molar-refractivity contribution in [1.82, 2.24) is 10.3 Å². The van der Waals surface area contributed by atoms with Crippen molar-refractivity contribution in [3.05, 3.63) is 53.6 Å². The van der Waals surface area contributed by atoms with Crippen LogP contribution in [0.15, 0.2) is 36.7 Å². The van der Waals surface area contributed by atoms with Crippen molar-refractivity contribution in [1.29, 1.82) is 0 Å². The molecule has 0 unspecified atom stereocenters. The van der Waals surface area contributed by atoms with Gasteiger partial charge in [0.1, 0.15) is 5.82 Å². The minimum Gasteiger partial charge on any atom is -0.310 e. The minimum absolute atomic E-state index is 0.169. The first-order valence-corrected chi connectivity index (χ1v) is 6.50. The van der Waals surface area contributed by atoms with E-state index < -0.39 is 0 Å². The standard InChI is InChI=1S/C16H19FN2/c1-11(2)19-10-15-7-13(4-5-16(15)17)14-6-12(3)8-18-9-14/h4-9,11,19H,10H2,1-3H3. The summed E-state index contributed by atoms with van der Waals surface area (Å²) in [6.07, 6.45) is 3.62. The van der Waals surface area contributed by atoms with Crippen LogP contribution in [0.1, 0.15) is 25.0 Å². The van der Waals surface area contributed by atoms with Crippen molar-refractivity contribution in [3.63, 3.8) is 0 Å². The quantitative estimate of drug-likeness (QED) is 0.904. The summed E-state index contributed by atoms with van der Waals surface area (Å²) in [7, 11) is 0. The molecule has 1 heterocycles. The second-order valence-electron chi connectivity index (χ2n) is 5.09. The number of aromatic nitrogens is 1. The van der Waals surface area contributed by atoms with Gasteiger partial charge in [-0.1, -0.05) is 19.9 Å². The first kappa shape index (κ1) is 13.7. The zero-order valence-electron chi connectivity index (χ0n) is 11.6. The highest BCUT2D eigenvalue weighted by Crippen LogP contribution is 2.22. The highest BCUT2D eigenvalue weighted by atomic mass is 19.1. The first-order chi connectivity index (χ1) is 9.06. The van der Waals surface area contributed by atoms with Crippen LogP contribution in [0.3, 0.4) is 0 Å². The topological polar surface area (TPSA) is 24.9 Å². The van der Waals surface area contributed by atoms with E-state index in [9.17, 15) is 4.39 Å². The minimum atomic E-state index is -0.169. The van der Waals surface area contributed by atoms with E-state index in [1.165, 1.54) is 6.07 Å². The Balaban J connectivity index is 2.30. The van der Waals surface area contributed by atoms with Crippen LogP contribution in [0, 0.1) is 12.7 Å². The summed E-state index contributed by atoms with van der Waals surface area (Å²) in [6, 6.07) is 7.60. The smallest absolute Gasteiger partial charge is 0.127 e. The van der Waals surface area contributed by atoms with E-state index in [1.54, 1.807) is 12.3 Å². The number of hydrogen-bond acceptors (Lipinski definition) is 2. The lowest BCUT2D eigenvalue weighted by Gasteiger charge is -2.11. The molecule has 0 atom stereocenters. The molecule has 0 aliphatic carbocycles. The molecule has 100 valence electrons. The van der Waals surface area contributed by atoms with E-state index in [0.717, 1.165) is 16.7 Å². The van der Waals surface area contributed by atoms with E-state index in [4.69, 9.17) is 0 Å². The van der Waals surface area contributed by atoms with E-state index in [-0.39, 0.29) is 5.82 Å². The summed E-state index contributed by atoms with van der Waals surface area (Å²) in [4.78, 5) is 4.18. The van der Waals surface area contributed by atoms with Crippen LogP contribution in [0.25, 0.3) is 11.1 Å². The SMILES string of the molecule is Cc1cncc(-c2ccc(F)c(CNC(C)C)c2)c1. The number of nitrogens with one attached hydrogen (secondary N) is 1. The lowest BCUT2D eigenvalue weighted by atomic mass is 10.0. The Bertz CT molecular complexity index is 564. The number of benzene rings is 1. The Morgan fingerprint density at radius 1 is 1.16 bits per heavy atom. The molecule has 1 aromatic carbocycles. The molecule has 0 bridgehead atoms. The molecule has 3 heteroatoms. The normalized spacial score (nSPS) is 11.0. The van der Waals surface area contributed by atoms with Crippen LogP contribution >= 0.6 is 0 Å². The van der Waals surface area contributed by atoms with E-state index >= 15 is 0 Å². The van der Waals surface area contributed by atoms with E-state index in [0.29, 0.717) is 18.2 Å². The van der Waals surface area contributed by atoms with Crippen LogP contribution in [-0.2, 0) is 6.54 Å². The Labute approximate surface area is 113 Å². The third-order valence-electron chi connectivity index (χ3n) is 2.95. The molecule has 0 saturated carbocycles. The van der Waals surface area contributed by atoms with Gasteiger partial charge in [0.15, 0.2) is 0 Å². The molecule has 1 aromatic heterocycles. The maximum absolute atomic E-state index is 13.8. The van der Waals surface area contributed by atoms with Crippen LogP contribution in [0.5, 0.6) is 0 Å². The Morgan fingerprint density at radius 3 is 2.63 bits per heavy atom. The summed E-state index contributed by atoms with van der Waals surface area (Å²) < 4.78 is 13.8. The monoisotopic (exact) mass is 258 g/mol. The van der Waals surface area contributed by atoms with Crippen molar-refractivity contribution >= 4 is 0 Å². The number of hydrogen-bond donors (Lipinski definition) is 1. The maximum Gasteiger partial charge on any atom is 0.127 e. The van der Waals surface area contributed by atoms with Crippen LogP contribution in [0.2, 0.25) is 0 Å². The van der Waals surface area contributed by atoms with Gasteiger partial charge < -0.3 is 5.32 Å². The second kappa shape index (κ2) is 5.93. The van der Waals surface area contributed by atoms with Gasteiger partial charge in [-0.3, -0.25) is 4.98 Å². The predicted octanol–water partition coefficient (Wildman–Crippen LogP) is 3.69. The molecule has 0 radical (unpaired) electrons. The molecule has 1 N–H and O–H groups in total. The zero-order valence-corrected chi connectivity index (χ0v) is 11.6. The number of rotatable bonds is 4. The summed E-state index contributed by atoms with van der Waals surface area (Å²) in [5.41, 5.74) is 3.81. The predicted molar refractivity (Wildman–Crippen MR) is 76.3 cm³/mol. The van der Waals surface area contributed by atoms with E-state index in [1.807, 2.05) is 33.0 Å². The van der Waals surface area contributed by atoms with Crippen molar-refractivity contribution in [3.8, 4) is 11.1 Å². The molecule has 0 amide bonds. The molecular weight excluding hydrogens is 239 g/mol. The summed E-state index contributed by atoms with van der Waals surface area (Å²) in [6.45, 7) is 6.64. The van der Waals surface area contributed by atoms with E-state index in [2.05, 4.69) is 16.4 Å². The molecule has 0 aliphatic heterocycles. The third kappa shape index (κ3) is 3.61. The van der Waals surface area contributed by atoms with Crippen LogP contribution < -0.4 is 5.32 Å². The fourth-order valence-electron chi connectivity index (χ4n) is 1.92. The molecule has 2 aromatic rings. The summed E-state index contributed by atoms with van der Waals surface area (Å²) in [5.74, 6) is -0.169. The van der Waals surface area contributed by atoms with Crippen molar-refractivity contribution in [2.24, 2.45) is 0 Å². The Morgan fingerprint density at radius 2 is 1.95 bits per heavy atom. The van der Waals surface area contributed by atoms with Gasteiger partial charge in [0.25, 0.3) is 0 Å². The fourth-order valence-corrected chi connectivity index (χ4v) is 1.92. The Hall–Kier alpha value is -1.74. The highest BCUT2D eigenvalue weighted by molar-refractivity contribution is 5.63. The van der Waals surface area contributed by atoms with Gasteiger partial charge in [-0.15, -0.1) is 0 Å². The maximum atomic E-state index is 13.8. The van der Waals surface area contributed by atoms with Gasteiger partial charge in [0, 0.05) is 36.1 Å². The molecule has 0 fully saturated rings. The number of nitrogens with zero attached hydrogens (tertiary/aromatic N) is 1. The average molecular weight is 258 g/mol. The van der Waals surface area contributed by atoms with Gasteiger partial charge in [-0.2, -0.15) is 0 Å². The van der Waals surface area contributed by atoms with Gasteiger partial charge in [-0.05, 0) is 36.2 Å². The first-order valence-electron chi connectivity index (χ1n) is 6.50. The molecule has 0 saturated heterocycles. The molecule has 2 nitrogen and oxygen atoms in total. The van der Waals surface area contributed by atoms with Gasteiger partial charge >= 0.3 is 0 Å². The third-order valence-corrected chi connectivity index (χ3v) is 2.95. The molecule has 0 spiro atoms. The molecule has 0 aliphatic rings. The van der Waals surface area contributed by atoms with Gasteiger partial charge in [0.05, 0.1) is 0 Å². The van der Waals surface area contributed by atoms with Crippen molar-refractivity contribution in [2.75, 3.05) is 0 Å². The lowest BCUT2D eigenvalue weighted by Crippen LogP contribution is -2.22. The Kier molecular flexibility index (Phi) is 4.27. The number of halogens is 1. The van der Waals surface area contributed by atoms with Gasteiger partial charge in [0.2, 0.25) is 0 Å². The average Bonchev–Trinajstić information content (AvgIpc) is 2.37.